The van der Waals surface area contributed by atoms with Crippen molar-refractivity contribution in [2.45, 2.75) is 26.4 Å². The number of hydrogen-bond acceptors (Lipinski definition) is 4. The van der Waals surface area contributed by atoms with Gasteiger partial charge in [0.1, 0.15) is 5.82 Å². The number of nitrogens with one attached hydrogen (secondary N) is 1. The Labute approximate surface area is 140 Å². The van der Waals surface area contributed by atoms with Crippen molar-refractivity contribution >= 4 is 17.7 Å². The van der Waals surface area contributed by atoms with Gasteiger partial charge < -0.3 is 15.3 Å². The molecule has 0 fully saturated rings. The number of hydrogen-bond donors (Lipinski definition) is 2. The highest BCUT2D eigenvalue weighted by atomic mass is 16.4. The number of anilines is 1. The molecule has 0 bridgehead atoms. The minimum absolute atomic E-state index is 0.0383. The molecule has 0 aliphatic carbocycles. The lowest BCUT2D eigenvalue weighted by atomic mass is 10.1. The first kappa shape index (κ1) is 16.0. The summed E-state index contributed by atoms with van der Waals surface area (Å²) in [6.07, 6.45) is 1.64. The van der Waals surface area contributed by atoms with Crippen LogP contribution in [0.5, 0.6) is 0 Å². The van der Waals surface area contributed by atoms with Crippen LogP contribution in [0.4, 0.5) is 5.82 Å². The van der Waals surface area contributed by atoms with E-state index in [0.29, 0.717) is 24.5 Å². The predicted molar refractivity (Wildman–Crippen MR) is 90.1 cm³/mol. The summed E-state index contributed by atoms with van der Waals surface area (Å²) in [6, 6.07) is 8.44. The molecule has 2 aromatic rings. The van der Waals surface area contributed by atoms with E-state index < -0.39 is 5.97 Å². The topological polar surface area (TPSA) is 82.5 Å². The first-order valence-electron chi connectivity index (χ1n) is 7.88. The SMILES string of the molecule is CCN1Cc2c(ccnc2NC(C)c2ccc(C(=O)O)cc2)C1=O. The zero-order valence-electron chi connectivity index (χ0n) is 13.6. The standard InChI is InChI=1S/C18H19N3O3/c1-3-21-10-15-14(17(21)22)8-9-19-16(15)20-11(2)12-4-6-13(7-5-12)18(23)24/h4-9,11H,3,10H2,1-2H3,(H,19,20)(H,23,24). The van der Waals surface area contributed by atoms with E-state index in [9.17, 15) is 9.59 Å². The monoisotopic (exact) mass is 325 g/mol. The molecule has 2 N–H and O–H groups in total. The molecular weight excluding hydrogens is 306 g/mol. The molecule has 0 spiro atoms. The minimum Gasteiger partial charge on any atom is -0.478 e. The first-order chi connectivity index (χ1) is 11.5. The molecule has 0 radical (unpaired) electrons. The lowest BCUT2D eigenvalue weighted by molar-refractivity contribution is 0.0696. The van der Waals surface area contributed by atoms with Crippen molar-refractivity contribution in [3.8, 4) is 0 Å². The second-order valence-corrected chi connectivity index (χ2v) is 5.80. The van der Waals surface area contributed by atoms with Crippen molar-refractivity contribution in [1.82, 2.24) is 9.88 Å². The Morgan fingerprint density at radius 1 is 1.33 bits per heavy atom. The molecular formula is C18H19N3O3. The van der Waals surface area contributed by atoms with E-state index in [4.69, 9.17) is 5.11 Å². The van der Waals surface area contributed by atoms with Gasteiger partial charge in [0.2, 0.25) is 0 Å². The van der Waals surface area contributed by atoms with Crippen molar-refractivity contribution in [3.05, 3.63) is 58.8 Å². The summed E-state index contributed by atoms with van der Waals surface area (Å²) < 4.78 is 0. The summed E-state index contributed by atoms with van der Waals surface area (Å²) in [4.78, 5) is 29.3. The highest BCUT2D eigenvalue weighted by Gasteiger charge is 2.29. The van der Waals surface area contributed by atoms with Crippen LogP contribution in [-0.2, 0) is 6.54 Å². The summed E-state index contributed by atoms with van der Waals surface area (Å²) in [5, 5.41) is 12.3. The molecule has 6 nitrogen and oxygen atoms in total. The summed E-state index contributed by atoms with van der Waals surface area (Å²) in [6.45, 7) is 5.16. The normalized spacial score (nSPS) is 14.4. The lowest BCUT2D eigenvalue weighted by Crippen LogP contribution is -2.22. The van der Waals surface area contributed by atoms with E-state index in [1.165, 1.54) is 0 Å². The van der Waals surface area contributed by atoms with Gasteiger partial charge in [0.25, 0.3) is 5.91 Å². The molecule has 124 valence electrons. The van der Waals surface area contributed by atoms with Crippen molar-refractivity contribution in [3.63, 3.8) is 0 Å². The van der Waals surface area contributed by atoms with Gasteiger partial charge in [-0.1, -0.05) is 12.1 Å². The summed E-state index contributed by atoms with van der Waals surface area (Å²) >= 11 is 0. The van der Waals surface area contributed by atoms with E-state index in [2.05, 4.69) is 10.3 Å². The number of rotatable bonds is 5. The number of carboxylic acid groups (broad SMARTS) is 1. The van der Waals surface area contributed by atoms with Gasteiger partial charge in [-0.15, -0.1) is 0 Å². The van der Waals surface area contributed by atoms with Gasteiger partial charge in [-0.3, -0.25) is 4.79 Å². The summed E-state index contributed by atoms with van der Waals surface area (Å²) in [7, 11) is 0. The molecule has 1 amide bonds. The molecule has 3 rings (SSSR count). The van der Waals surface area contributed by atoms with Crippen LogP contribution in [0.1, 0.15) is 51.7 Å². The number of carbonyl (C=O) groups excluding carboxylic acids is 1. The Kier molecular flexibility index (Phi) is 4.20. The molecule has 1 aromatic carbocycles. The molecule has 1 atom stereocenters. The number of aromatic carboxylic acids is 1. The average Bonchev–Trinajstić information content (AvgIpc) is 2.92. The second kappa shape index (κ2) is 6.31. The van der Waals surface area contributed by atoms with Crippen molar-refractivity contribution in [1.29, 1.82) is 0 Å². The highest BCUT2D eigenvalue weighted by Crippen LogP contribution is 2.29. The minimum atomic E-state index is -0.942. The third kappa shape index (κ3) is 2.82. The van der Waals surface area contributed by atoms with Crippen molar-refractivity contribution in [2.75, 3.05) is 11.9 Å². The molecule has 1 unspecified atom stereocenters. The number of amides is 1. The second-order valence-electron chi connectivity index (χ2n) is 5.80. The molecule has 0 saturated carbocycles. The Morgan fingerprint density at radius 3 is 2.67 bits per heavy atom. The summed E-state index contributed by atoms with van der Waals surface area (Å²) in [5.41, 5.74) is 2.83. The van der Waals surface area contributed by atoms with Crippen LogP contribution in [-0.4, -0.2) is 33.4 Å². The number of carboxylic acids is 1. The van der Waals surface area contributed by atoms with E-state index in [0.717, 1.165) is 11.1 Å². The van der Waals surface area contributed by atoms with Crippen LogP contribution >= 0.6 is 0 Å². The number of fused-ring (bicyclic) bond motifs is 1. The Morgan fingerprint density at radius 2 is 2.04 bits per heavy atom. The molecule has 1 aromatic heterocycles. The number of pyridine rings is 1. The van der Waals surface area contributed by atoms with Gasteiger partial charge in [0.05, 0.1) is 12.1 Å². The maximum atomic E-state index is 12.3. The van der Waals surface area contributed by atoms with Crippen LogP contribution in [0.3, 0.4) is 0 Å². The first-order valence-corrected chi connectivity index (χ1v) is 7.88. The Hall–Kier alpha value is -2.89. The largest absolute Gasteiger partial charge is 0.478 e. The highest BCUT2D eigenvalue weighted by molar-refractivity contribution is 5.99. The molecule has 1 aliphatic rings. The maximum Gasteiger partial charge on any atom is 0.335 e. The third-order valence-corrected chi connectivity index (χ3v) is 4.31. The van der Waals surface area contributed by atoms with Crippen molar-refractivity contribution in [2.24, 2.45) is 0 Å². The van der Waals surface area contributed by atoms with Crippen LogP contribution in [0.25, 0.3) is 0 Å². The quantitative estimate of drug-likeness (QED) is 0.883. The van der Waals surface area contributed by atoms with E-state index in [1.807, 2.05) is 13.8 Å². The van der Waals surface area contributed by atoms with Crippen LogP contribution in [0.15, 0.2) is 36.5 Å². The summed E-state index contributed by atoms with van der Waals surface area (Å²) in [5.74, 6) is -0.203. The van der Waals surface area contributed by atoms with Gasteiger partial charge in [-0.25, -0.2) is 9.78 Å². The predicted octanol–water partition coefficient (Wildman–Crippen LogP) is 2.93. The fourth-order valence-electron chi connectivity index (χ4n) is 2.87. The van der Waals surface area contributed by atoms with Gasteiger partial charge in [-0.2, -0.15) is 0 Å². The van der Waals surface area contributed by atoms with E-state index in [1.54, 1.807) is 41.4 Å². The smallest absolute Gasteiger partial charge is 0.335 e. The number of nitrogens with zero attached hydrogens (tertiary/aromatic N) is 2. The maximum absolute atomic E-state index is 12.3. The van der Waals surface area contributed by atoms with E-state index in [-0.39, 0.29) is 17.5 Å². The average molecular weight is 325 g/mol. The zero-order chi connectivity index (χ0) is 17.3. The molecule has 2 heterocycles. The van der Waals surface area contributed by atoms with Gasteiger partial charge >= 0.3 is 5.97 Å². The lowest BCUT2D eigenvalue weighted by Gasteiger charge is -2.17. The molecule has 1 aliphatic heterocycles. The number of carbonyl (C=O) groups is 2. The Balaban J connectivity index is 1.82. The fourth-order valence-corrected chi connectivity index (χ4v) is 2.87. The Bertz CT molecular complexity index is 787. The van der Waals surface area contributed by atoms with Gasteiger partial charge in [0, 0.05) is 29.9 Å². The third-order valence-electron chi connectivity index (χ3n) is 4.31. The van der Waals surface area contributed by atoms with Crippen LogP contribution in [0, 0.1) is 0 Å². The van der Waals surface area contributed by atoms with Crippen LogP contribution < -0.4 is 5.32 Å². The molecule has 6 heteroatoms. The molecule has 0 saturated heterocycles. The number of benzene rings is 1. The van der Waals surface area contributed by atoms with Crippen LogP contribution in [0.2, 0.25) is 0 Å². The van der Waals surface area contributed by atoms with Gasteiger partial charge in [-0.05, 0) is 37.6 Å². The fraction of sp³-hybridized carbons (Fsp3) is 0.278. The van der Waals surface area contributed by atoms with Crippen molar-refractivity contribution < 1.29 is 14.7 Å². The van der Waals surface area contributed by atoms with E-state index >= 15 is 0 Å². The zero-order valence-corrected chi connectivity index (χ0v) is 13.6. The van der Waals surface area contributed by atoms with Gasteiger partial charge in [0.15, 0.2) is 0 Å². The molecule has 24 heavy (non-hydrogen) atoms. The number of aromatic nitrogens is 1.